The lowest BCUT2D eigenvalue weighted by Gasteiger charge is -2.19. The quantitative estimate of drug-likeness (QED) is 0.479. The first-order valence-electron chi connectivity index (χ1n) is 9.45. The lowest BCUT2D eigenvalue weighted by atomic mass is 10.0. The summed E-state index contributed by atoms with van der Waals surface area (Å²) in [7, 11) is 0. The highest BCUT2D eigenvalue weighted by molar-refractivity contribution is 5.84. The number of carbonyl (C=O) groups is 1. The SMILES string of the molecule is CCOC(=O)Oc1ccc2c(=O)c(-c3ccc4c(c3)OCCO4)c(CC)oc2c1. The maximum atomic E-state index is 13.2. The van der Waals surface area contributed by atoms with Crippen LogP contribution in [0.25, 0.3) is 22.1 Å². The van der Waals surface area contributed by atoms with Gasteiger partial charge in [-0.05, 0) is 36.8 Å². The van der Waals surface area contributed by atoms with Crippen LogP contribution in [0.1, 0.15) is 19.6 Å². The van der Waals surface area contributed by atoms with Crippen molar-refractivity contribution in [3.63, 3.8) is 0 Å². The maximum Gasteiger partial charge on any atom is 0.513 e. The van der Waals surface area contributed by atoms with E-state index in [0.29, 0.717) is 59.0 Å². The third kappa shape index (κ3) is 3.63. The number of rotatable bonds is 4. The number of carbonyl (C=O) groups excluding carboxylic acids is 1. The van der Waals surface area contributed by atoms with E-state index in [1.54, 1.807) is 25.1 Å². The molecule has 0 radical (unpaired) electrons. The van der Waals surface area contributed by atoms with Gasteiger partial charge in [0, 0.05) is 12.5 Å². The highest BCUT2D eigenvalue weighted by atomic mass is 16.7. The summed E-state index contributed by atoms with van der Waals surface area (Å²) < 4.78 is 27.1. The fraction of sp³-hybridized carbons (Fsp3) is 0.273. The zero-order chi connectivity index (χ0) is 20.4. The number of hydrogen-bond acceptors (Lipinski definition) is 7. The predicted octanol–water partition coefficient (Wildman–Crippen LogP) is 4.33. The number of aryl methyl sites for hydroxylation is 1. The maximum absolute atomic E-state index is 13.2. The fourth-order valence-corrected chi connectivity index (χ4v) is 3.27. The summed E-state index contributed by atoms with van der Waals surface area (Å²) in [5.74, 6) is 2.04. The molecule has 1 aliphatic rings. The normalized spacial score (nSPS) is 12.6. The standard InChI is InChI=1S/C22H20O7/c1-3-16-20(13-5-8-17-19(11-13)27-10-9-26-17)21(23)15-7-6-14(12-18(15)29-16)28-22(24)25-4-2/h5-8,11-12H,3-4,9-10H2,1-2H3. The lowest BCUT2D eigenvalue weighted by Crippen LogP contribution is -2.15. The molecule has 0 fully saturated rings. The third-order valence-electron chi connectivity index (χ3n) is 4.55. The minimum atomic E-state index is -0.808. The second kappa shape index (κ2) is 7.87. The van der Waals surface area contributed by atoms with Crippen molar-refractivity contribution in [2.75, 3.05) is 19.8 Å². The first-order chi connectivity index (χ1) is 14.1. The van der Waals surface area contributed by atoms with E-state index in [0.717, 1.165) is 0 Å². The average molecular weight is 396 g/mol. The summed E-state index contributed by atoms with van der Waals surface area (Å²) in [5.41, 5.74) is 1.36. The van der Waals surface area contributed by atoms with Gasteiger partial charge in [0.2, 0.25) is 5.43 Å². The van der Waals surface area contributed by atoms with Crippen LogP contribution in [0.2, 0.25) is 0 Å². The van der Waals surface area contributed by atoms with Gasteiger partial charge in [0.25, 0.3) is 0 Å². The summed E-state index contributed by atoms with van der Waals surface area (Å²) in [6.45, 7) is 4.77. The molecule has 3 aromatic rings. The zero-order valence-corrected chi connectivity index (χ0v) is 16.2. The van der Waals surface area contributed by atoms with E-state index in [2.05, 4.69) is 0 Å². The van der Waals surface area contributed by atoms with Crippen LogP contribution in [0, 0.1) is 0 Å². The highest BCUT2D eigenvalue weighted by Crippen LogP contribution is 2.35. The van der Waals surface area contributed by atoms with Crippen LogP contribution in [-0.2, 0) is 11.2 Å². The fourth-order valence-electron chi connectivity index (χ4n) is 3.27. The molecule has 0 atom stereocenters. The molecule has 0 saturated carbocycles. The van der Waals surface area contributed by atoms with Crippen molar-refractivity contribution in [1.82, 2.24) is 0 Å². The molecule has 1 aromatic heterocycles. The molecule has 0 amide bonds. The molecule has 0 saturated heterocycles. The average Bonchev–Trinajstić information content (AvgIpc) is 2.73. The van der Waals surface area contributed by atoms with Crippen LogP contribution < -0.4 is 19.6 Å². The largest absolute Gasteiger partial charge is 0.513 e. The Bertz CT molecular complexity index is 1130. The Hall–Kier alpha value is -3.48. The van der Waals surface area contributed by atoms with Crippen LogP contribution in [-0.4, -0.2) is 26.0 Å². The zero-order valence-electron chi connectivity index (χ0n) is 16.2. The molecule has 0 aliphatic carbocycles. The molecule has 1 aliphatic heterocycles. The topological polar surface area (TPSA) is 84.2 Å². The van der Waals surface area contributed by atoms with Crippen LogP contribution in [0.4, 0.5) is 4.79 Å². The van der Waals surface area contributed by atoms with Crippen molar-refractivity contribution in [3.8, 4) is 28.4 Å². The van der Waals surface area contributed by atoms with E-state index in [9.17, 15) is 9.59 Å². The Morgan fingerprint density at radius 2 is 1.83 bits per heavy atom. The molecule has 0 spiro atoms. The van der Waals surface area contributed by atoms with Gasteiger partial charge >= 0.3 is 6.16 Å². The van der Waals surface area contributed by atoms with E-state index in [1.165, 1.54) is 12.1 Å². The molecule has 150 valence electrons. The monoisotopic (exact) mass is 396 g/mol. The van der Waals surface area contributed by atoms with Crippen LogP contribution in [0.15, 0.2) is 45.6 Å². The van der Waals surface area contributed by atoms with Gasteiger partial charge in [-0.2, -0.15) is 0 Å². The molecule has 7 nitrogen and oxygen atoms in total. The molecule has 2 aromatic carbocycles. The van der Waals surface area contributed by atoms with Gasteiger partial charge < -0.3 is 23.4 Å². The molecule has 0 N–H and O–H groups in total. The minimum absolute atomic E-state index is 0.164. The predicted molar refractivity (Wildman–Crippen MR) is 106 cm³/mol. The van der Waals surface area contributed by atoms with Crippen LogP contribution >= 0.6 is 0 Å². The molecular formula is C22H20O7. The van der Waals surface area contributed by atoms with Crippen molar-refractivity contribution in [1.29, 1.82) is 0 Å². The Morgan fingerprint density at radius 3 is 2.59 bits per heavy atom. The molecule has 0 bridgehead atoms. The Labute approximate surface area is 166 Å². The second-order valence-electron chi connectivity index (χ2n) is 6.38. The van der Waals surface area contributed by atoms with Crippen molar-refractivity contribution in [2.24, 2.45) is 0 Å². The van der Waals surface area contributed by atoms with E-state index >= 15 is 0 Å². The van der Waals surface area contributed by atoms with E-state index in [4.69, 9.17) is 23.4 Å². The van der Waals surface area contributed by atoms with Gasteiger partial charge in [-0.15, -0.1) is 0 Å². The minimum Gasteiger partial charge on any atom is -0.486 e. The first-order valence-corrected chi connectivity index (χ1v) is 9.45. The smallest absolute Gasteiger partial charge is 0.486 e. The van der Waals surface area contributed by atoms with Gasteiger partial charge in [0.15, 0.2) is 11.5 Å². The summed E-state index contributed by atoms with van der Waals surface area (Å²) in [6, 6.07) is 10.0. The van der Waals surface area contributed by atoms with Gasteiger partial charge in [-0.1, -0.05) is 13.0 Å². The number of ether oxygens (including phenoxy) is 4. The number of benzene rings is 2. The van der Waals surface area contributed by atoms with Gasteiger partial charge in [-0.25, -0.2) is 4.79 Å². The van der Waals surface area contributed by atoms with Crippen LogP contribution in [0.3, 0.4) is 0 Å². The number of hydrogen-bond donors (Lipinski definition) is 0. The van der Waals surface area contributed by atoms with Crippen molar-refractivity contribution < 1.29 is 28.2 Å². The molecule has 7 heteroatoms. The Balaban J connectivity index is 1.80. The van der Waals surface area contributed by atoms with Crippen molar-refractivity contribution >= 4 is 17.1 Å². The summed E-state index contributed by atoms with van der Waals surface area (Å²) >= 11 is 0. The van der Waals surface area contributed by atoms with Crippen molar-refractivity contribution in [2.45, 2.75) is 20.3 Å². The van der Waals surface area contributed by atoms with Gasteiger partial charge in [-0.3, -0.25) is 4.79 Å². The van der Waals surface area contributed by atoms with Crippen LogP contribution in [0.5, 0.6) is 17.2 Å². The molecule has 4 rings (SSSR count). The Morgan fingerprint density at radius 1 is 1.03 bits per heavy atom. The van der Waals surface area contributed by atoms with Crippen molar-refractivity contribution in [3.05, 3.63) is 52.4 Å². The summed E-state index contributed by atoms with van der Waals surface area (Å²) in [6.07, 6.45) is -0.296. The lowest BCUT2D eigenvalue weighted by molar-refractivity contribution is 0.104. The van der Waals surface area contributed by atoms with E-state index < -0.39 is 6.16 Å². The molecule has 29 heavy (non-hydrogen) atoms. The first kappa shape index (κ1) is 18.9. The highest BCUT2D eigenvalue weighted by Gasteiger charge is 2.19. The third-order valence-corrected chi connectivity index (χ3v) is 4.55. The second-order valence-corrected chi connectivity index (χ2v) is 6.38. The Kier molecular flexibility index (Phi) is 5.12. The van der Waals surface area contributed by atoms with Gasteiger partial charge in [0.1, 0.15) is 30.3 Å². The molecular weight excluding hydrogens is 376 g/mol. The molecule has 0 unspecified atom stereocenters. The summed E-state index contributed by atoms with van der Waals surface area (Å²) in [4.78, 5) is 24.8. The van der Waals surface area contributed by atoms with E-state index in [-0.39, 0.29) is 17.8 Å². The van der Waals surface area contributed by atoms with Gasteiger partial charge in [0.05, 0.1) is 17.6 Å². The summed E-state index contributed by atoms with van der Waals surface area (Å²) in [5, 5.41) is 0.392. The molecule has 2 heterocycles. The van der Waals surface area contributed by atoms with E-state index in [1.807, 2.05) is 13.0 Å². The number of fused-ring (bicyclic) bond motifs is 2.